The van der Waals surface area contributed by atoms with Crippen molar-refractivity contribution in [3.63, 3.8) is 0 Å². The first-order valence-corrected chi connectivity index (χ1v) is 12.1. The standard InChI is InChI=1S/C22H31N5OS/c28-21(26-14-8-18(9-15-26)25-11-2-1-3-12-25)17-6-5-13-27(16-17)22-24-19-7-4-10-23-20(19)29-22/h4,7,10,17-18H,1-3,5-6,8-9,11-16H2. The van der Waals surface area contributed by atoms with Gasteiger partial charge in [0, 0.05) is 38.4 Å². The highest BCUT2D eigenvalue weighted by molar-refractivity contribution is 7.21. The maximum Gasteiger partial charge on any atom is 0.227 e. The van der Waals surface area contributed by atoms with Gasteiger partial charge in [0.2, 0.25) is 5.91 Å². The minimum absolute atomic E-state index is 0.107. The lowest BCUT2D eigenvalue weighted by molar-refractivity contribution is -0.137. The number of hydrogen-bond donors (Lipinski definition) is 0. The van der Waals surface area contributed by atoms with Gasteiger partial charge in [-0.15, -0.1) is 0 Å². The second-order valence-corrected chi connectivity index (χ2v) is 9.72. The van der Waals surface area contributed by atoms with Crippen molar-refractivity contribution in [2.75, 3.05) is 44.2 Å². The molecule has 0 bridgehead atoms. The summed E-state index contributed by atoms with van der Waals surface area (Å²) in [6.45, 7) is 6.16. The van der Waals surface area contributed by atoms with Gasteiger partial charge >= 0.3 is 0 Å². The molecular formula is C22H31N5OS. The van der Waals surface area contributed by atoms with Gasteiger partial charge in [0.25, 0.3) is 0 Å². The maximum absolute atomic E-state index is 13.2. The number of piperidine rings is 3. The van der Waals surface area contributed by atoms with Crippen molar-refractivity contribution in [2.24, 2.45) is 5.92 Å². The van der Waals surface area contributed by atoms with E-state index in [4.69, 9.17) is 4.98 Å². The lowest BCUT2D eigenvalue weighted by atomic mass is 9.94. The summed E-state index contributed by atoms with van der Waals surface area (Å²) in [4.78, 5) is 30.5. The molecule has 1 atom stereocenters. The van der Waals surface area contributed by atoms with Crippen molar-refractivity contribution < 1.29 is 4.79 Å². The molecule has 0 aromatic carbocycles. The number of amides is 1. The smallest absolute Gasteiger partial charge is 0.227 e. The Labute approximate surface area is 176 Å². The molecule has 2 aromatic heterocycles. The molecule has 3 saturated heterocycles. The second-order valence-electron chi connectivity index (χ2n) is 8.76. The summed E-state index contributed by atoms with van der Waals surface area (Å²) in [6, 6.07) is 4.64. The number of aromatic nitrogens is 2. The molecule has 0 spiro atoms. The van der Waals surface area contributed by atoms with Crippen LogP contribution >= 0.6 is 11.3 Å². The number of carbonyl (C=O) groups is 1. The van der Waals surface area contributed by atoms with E-state index in [9.17, 15) is 4.79 Å². The summed E-state index contributed by atoms with van der Waals surface area (Å²) >= 11 is 1.64. The van der Waals surface area contributed by atoms with E-state index in [1.54, 1.807) is 11.3 Å². The van der Waals surface area contributed by atoms with Crippen LogP contribution in [0.2, 0.25) is 0 Å². The lowest BCUT2D eigenvalue weighted by Gasteiger charge is -2.42. The van der Waals surface area contributed by atoms with Gasteiger partial charge in [-0.3, -0.25) is 4.79 Å². The van der Waals surface area contributed by atoms with E-state index in [0.717, 1.165) is 67.3 Å². The summed E-state index contributed by atoms with van der Waals surface area (Å²) in [5.41, 5.74) is 0.959. The van der Waals surface area contributed by atoms with Crippen molar-refractivity contribution in [3.05, 3.63) is 18.3 Å². The molecule has 2 aromatic rings. The number of likely N-dealkylation sites (tertiary alicyclic amines) is 2. The molecule has 156 valence electrons. The Hall–Kier alpha value is -1.73. The monoisotopic (exact) mass is 413 g/mol. The fourth-order valence-electron chi connectivity index (χ4n) is 5.24. The molecule has 1 unspecified atom stereocenters. The molecule has 0 N–H and O–H groups in total. The minimum atomic E-state index is 0.107. The summed E-state index contributed by atoms with van der Waals surface area (Å²) in [5, 5.41) is 1.01. The van der Waals surface area contributed by atoms with Gasteiger partial charge in [-0.2, -0.15) is 0 Å². The molecule has 3 fully saturated rings. The van der Waals surface area contributed by atoms with Crippen LogP contribution < -0.4 is 4.90 Å². The Balaban J connectivity index is 1.19. The highest BCUT2D eigenvalue weighted by Gasteiger charge is 2.33. The van der Waals surface area contributed by atoms with Crippen LogP contribution in [0.5, 0.6) is 0 Å². The van der Waals surface area contributed by atoms with E-state index in [1.807, 2.05) is 18.3 Å². The summed E-state index contributed by atoms with van der Waals surface area (Å²) in [6.07, 6.45) is 10.2. The molecule has 0 radical (unpaired) electrons. The van der Waals surface area contributed by atoms with Gasteiger partial charge in [0.1, 0.15) is 10.3 Å². The molecule has 5 heterocycles. The molecule has 6 nitrogen and oxygen atoms in total. The highest BCUT2D eigenvalue weighted by atomic mass is 32.1. The maximum atomic E-state index is 13.2. The number of fused-ring (bicyclic) bond motifs is 1. The molecular weight excluding hydrogens is 382 g/mol. The largest absolute Gasteiger partial charge is 0.347 e. The quantitative estimate of drug-likeness (QED) is 0.772. The van der Waals surface area contributed by atoms with E-state index >= 15 is 0 Å². The average Bonchev–Trinajstić information content (AvgIpc) is 3.24. The van der Waals surface area contributed by atoms with Crippen LogP contribution in [-0.2, 0) is 4.79 Å². The van der Waals surface area contributed by atoms with Crippen LogP contribution in [0.1, 0.15) is 44.9 Å². The number of hydrogen-bond acceptors (Lipinski definition) is 6. The minimum Gasteiger partial charge on any atom is -0.347 e. The van der Waals surface area contributed by atoms with Crippen LogP contribution in [-0.4, -0.2) is 71.0 Å². The number of thiazole rings is 1. The molecule has 1 amide bonds. The predicted molar refractivity (Wildman–Crippen MR) is 117 cm³/mol. The zero-order valence-corrected chi connectivity index (χ0v) is 17.9. The molecule has 29 heavy (non-hydrogen) atoms. The Bertz CT molecular complexity index is 808. The second kappa shape index (κ2) is 8.56. The first-order chi connectivity index (χ1) is 14.3. The molecule has 3 aliphatic heterocycles. The Morgan fingerprint density at radius 3 is 2.62 bits per heavy atom. The number of carbonyl (C=O) groups excluding carboxylic acids is 1. The first kappa shape index (κ1) is 19.2. The average molecular weight is 414 g/mol. The van der Waals surface area contributed by atoms with E-state index in [0.29, 0.717) is 11.9 Å². The van der Waals surface area contributed by atoms with Gasteiger partial charge in [-0.05, 0) is 63.7 Å². The van der Waals surface area contributed by atoms with E-state index in [2.05, 4.69) is 19.7 Å². The molecule has 7 heteroatoms. The summed E-state index contributed by atoms with van der Waals surface area (Å²) in [7, 11) is 0. The van der Waals surface area contributed by atoms with Gasteiger partial charge in [0.05, 0.1) is 5.92 Å². The normalized spacial score (nSPS) is 24.9. The van der Waals surface area contributed by atoms with Crippen LogP contribution in [0.25, 0.3) is 10.3 Å². The number of rotatable bonds is 3. The molecule has 5 rings (SSSR count). The van der Waals surface area contributed by atoms with Crippen LogP contribution in [0.4, 0.5) is 5.13 Å². The van der Waals surface area contributed by atoms with Crippen molar-refractivity contribution in [1.82, 2.24) is 19.8 Å². The van der Waals surface area contributed by atoms with Crippen molar-refractivity contribution in [1.29, 1.82) is 0 Å². The summed E-state index contributed by atoms with van der Waals surface area (Å²) in [5.74, 6) is 0.473. The lowest BCUT2D eigenvalue weighted by Crippen LogP contribution is -2.51. The van der Waals surface area contributed by atoms with Crippen LogP contribution in [0.15, 0.2) is 18.3 Å². The highest BCUT2D eigenvalue weighted by Crippen LogP contribution is 2.31. The van der Waals surface area contributed by atoms with Crippen molar-refractivity contribution >= 4 is 32.7 Å². The number of anilines is 1. The van der Waals surface area contributed by atoms with Crippen LogP contribution in [0.3, 0.4) is 0 Å². The van der Waals surface area contributed by atoms with Crippen LogP contribution in [0, 0.1) is 5.92 Å². The summed E-state index contributed by atoms with van der Waals surface area (Å²) < 4.78 is 0. The fraction of sp³-hybridized carbons (Fsp3) is 0.682. The predicted octanol–water partition coefficient (Wildman–Crippen LogP) is 3.38. The molecule has 0 aliphatic carbocycles. The van der Waals surface area contributed by atoms with E-state index in [-0.39, 0.29) is 5.92 Å². The van der Waals surface area contributed by atoms with Gasteiger partial charge in [-0.25, -0.2) is 9.97 Å². The van der Waals surface area contributed by atoms with Gasteiger partial charge < -0.3 is 14.7 Å². The SMILES string of the molecule is O=C(C1CCCN(c2nc3cccnc3s2)C1)N1CCC(N2CCCCC2)CC1. The van der Waals surface area contributed by atoms with Gasteiger partial charge in [-0.1, -0.05) is 17.8 Å². The molecule has 3 aliphatic rings. The fourth-order valence-corrected chi connectivity index (χ4v) is 6.18. The number of pyridine rings is 1. The van der Waals surface area contributed by atoms with Crippen molar-refractivity contribution in [3.8, 4) is 0 Å². The molecule has 0 saturated carbocycles. The third kappa shape index (κ3) is 4.12. The zero-order chi connectivity index (χ0) is 19.6. The van der Waals surface area contributed by atoms with Gasteiger partial charge in [0.15, 0.2) is 5.13 Å². The Kier molecular flexibility index (Phi) is 5.68. The van der Waals surface area contributed by atoms with Crippen molar-refractivity contribution in [2.45, 2.75) is 51.0 Å². The van der Waals surface area contributed by atoms with E-state index in [1.165, 1.54) is 32.4 Å². The first-order valence-electron chi connectivity index (χ1n) is 11.3. The topological polar surface area (TPSA) is 52.6 Å². The zero-order valence-electron chi connectivity index (χ0n) is 17.1. The Morgan fingerprint density at radius 2 is 1.83 bits per heavy atom. The Morgan fingerprint density at radius 1 is 1.00 bits per heavy atom. The van der Waals surface area contributed by atoms with E-state index < -0.39 is 0 Å². The number of nitrogens with zero attached hydrogens (tertiary/aromatic N) is 5. The third-order valence-corrected chi connectivity index (χ3v) is 7.92. The third-order valence-electron chi connectivity index (χ3n) is 6.88.